The quantitative estimate of drug-likeness (QED) is 0.229. The van der Waals surface area contributed by atoms with Crippen LogP contribution in [-0.2, 0) is 46.5 Å². The molecule has 0 aliphatic heterocycles. The molecule has 0 aliphatic rings. The Balaban J connectivity index is -0.000000135. The molecule has 0 aromatic rings. The van der Waals surface area contributed by atoms with Gasteiger partial charge in [-0.25, -0.2) is 0 Å². The third-order valence-electron chi connectivity index (χ3n) is 0.200. The molecule has 0 atom stereocenters. The van der Waals surface area contributed by atoms with E-state index in [4.69, 9.17) is 9.11 Å². The Labute approximate surface area is 103 Å². The van der Waals surface area contributed by atoms with Crippen LogP contribution in [0.5, 0.6) is 0 Å². The Morgan fingerprint density at radius 1 is 0.917 bits per heavy atom. The molecule has 12 heavy (non-hydrogen) atoms. The molecule has 0 rings (SSSR count). The van der Waals surface area contributed by atoms with E-state index < -0.39 is 20.8 Å². The van der Waals surface area contributed by atoms with Crippen LogP contribution in [0.15, 0.2) is 0 Å². The van der Waals surface area contributed by atoms with E-state index >= 15 is 0 Å². The fraction of sp³-hybridized carbons (Fsp3) is 0. The summed E-state index contributed by atoms with van der Waals surface area (Å²) >= 11 is 0. The molecule has 72 valence electrons. The van der Waals surface area contributed by atoms with Crippen molar-refractivity contribution in [2.24, 2.45) is 0 Å². The summed E-state index contributed by atoms with van der Waals surface area (Å²) in [5.41, 5.74) is 0. The first kappa shape index (κ1) is 18.9. The van der Waals surface area contributed by atoms with Crippen LogP contribution in [0.4, 0.5) is 0 Å². The molecule has 0 aliphatic carbocycles. The zero-order chi connectivity index (χ0) is 8.41. The SMILES string of the molecule is O=S(=O)(O)OOS(=O)(=O)O.[Fe].[H-].[Na+]. The monoisotopic (exact) mass is 274 g/mol. The summed E-state index contributed by atoms with van der Waals surface area (Å²) in [6, 6.07) is 0. The Morgan fingerprint density at radius 2 is 1.08 bits per heavy atom. The van der Waals surface area contributed by atoms with Gasteiger partial charge in [-0.3, -0.25) is 9.11 Å². The van der Waals surface area contributed by atoms with Gasteiger partial charge in [-0.2, -0.15) is 16.8 Å². The summed E-state index contributed by atoms with van der Waals surface area (Å²) in [7, 11) is -10.0. The van der Waals surface area contributed by atoms with Gasteiger partial charge in [0.15, 0.2) is 0 Å². The van der Waals surface area contributed by atoms with E-state index in [0.29, 0.717) is 0 Å². The first-order valence-electron chi connectivity index (χ1n) is 1.53. The van der Waals surface area contributed by atoms with Gasteiger partial charge in [0.1, 0.15) is 0 Å². The maximum atomic E-state index is 9.51. The van der Waals surface area contributed by atoms with Crippen molar-refractivity contribution in [2.45, 2.75) is 0 Å². The van der Waals surface area contributed by atoms with E-state index in [9.17, 15) is 16.8 Å². The van der Waals surface area contributed by atoms with Gasteiger partial charge < -0.3 is 1.43 Å². The molecule has 2 N–H and O–H groups in total. The summed E-state index contributed by atoms with van der Waals surface area (Å²) in [5.74, 6) is 0. The Bertz CT molecular complexity index is 258. The fourth-order valence-corrected chi connectivity index (χ4v) is 0.632. The van der Waals surface area contributed by atoms with Crippen LogP contribution < -0.4 is 29.6 Å². The Kier molecular flexibility index (Phi) is 10.5. The van der Waals surface area contributed by atoms with Gasteiger partial charge in [0.05, 0.1) is 0 Å². The average molecular weight is 274 g/mol. The molecule has 0 unspecified atom stereocenters. The smallest absolute Gasteiger partial charge is 1.00 e. The summed E-state index contributed by atoms with van der Waals surface area (Å²) in [4.78, 5) is 0. The Morgan fingerprint density at radius 3 is 1.17 bits per heavy atom. The third-order valence-corrected chi connectivity index (χ3v) is 0.766. The molecular formula is H3FeNaO8S2. The molecule has 8 nitrogen and oxygen atoms in total. The predicted molar refractivity (Wildman–Crippen MR) is 26.4 cm³/mol. The first-order valence-corrected chi connectivity index (χ1v) is 4.26. The average Bonchev–Trinajstić information content (AvgIpc) is 1.57. The molecule has 0 radical (unpaired) electrons. The second-order valence-electron chi connectivity index (χ2n) is 0.992. The van der Waals surface area contributed by atoms with Crippen LogP contribution in [0, 0.1) is 0 Å². The molecule has 0 saturated heterocycles. The van der Waals surface area contributed by atoms with Crippen molar-refractivity contribution in [1.82, 2.24) is 0 Å². The second-order valence-corrected chi connectivity index (χ2v) is 2.97. The largest absolute Gasteiger partial charge is 1.00 e. The van der Waals surface area contributed by atoms with Crippen molar-refractivity contribution >= 4 is 20.8 Å². The van der Waals surface area contributed by atoms with Crippen LogP contribution in [0.1, 0.15) is 1.43 Å². The number of rotatable bonds is 3. The van der Waals surface area contributed by atoms with Crippen molar-refractivity contribution in [2.75, 3.05) is 0 Å². The molecule has 0 fully saturated rings. The molecule has 0 heterocycles. The minimum absolute atomic E-state index is 0. The standard InChI is InChI=1S/Fe.Na.H2O8S2.H/c;;1-9(2,3)7-8-10(4,5)6;/h;;(H,1,2,3)(H,4,5,6);/q;+1;;-1. The molecule has 0 amide bonds. The summed E-state index contributed by atoms with van der Waals surface area (Å²) in [5, 5.41) is 0. The van der Waals surface area contributed by atoms with Crippen molar-refractivity contribution in [3.8, 4) is 0 Å². The molecule has 0 aromatic carbocycles. The van der Waals surface area contributed by atoms with Gasteiger partial charge in [0, 0.05) is 17.1 Å². The van der Waals surface area contributed by atoms with Crippen LogP contribution in [0.25, 0.3) is 0 Å². The normalized spacial score (nSPS) is 11.2. The maximum absolute atomic E-state index is 9.51. The molecule has 12 heteroatoms. The van der Waals surface area contributed by atoms with Gasteiger partial charge in [-0.15, -0.1) is 0 Å². The predicted octanol–water partition coefficient (Wildman–Crippen LogP) is -4.35. The Hall–Kier alpha value is 1.26. The van der Waals surface area contributed by atoms with Crippen LogP contribution in [-0.4, -0.2) is 25.9 Å². The maximum Gasteiger partial charge on any atom is 1.00 e. The van der Waals surface area contributed by atoms with E-state index in [2.05, 4.69) is 8.67 Å². The van der Waals surface area contributed by atoms with Gasteiger partial charge in [0.2, 0.25) is 0 Å². The number of hydrogen-bond acceptors (Lipinski definition) is 6. The topological polar surface area (TPSA) is 127 Å². The van der Waals surface area contributed by atoms with E-state index in [1.165, 1.54) is 0 Å². The number of hydrogen-bond donors (Lipinski definition) is 2. The minimum atomic E-state index is -5.02. The van der Waals surface area contributed by atoms with Crippen LogP contribution in [0.3, 0.4) is 0 Å². The summed E-state index contributed by atoms with van der Waals surface area (Å²) < 4.78 is 58.9. The van der Waals surface area contributed by atoms with E-state index in [-0.39, 0.29) is 48.1 Å². The van der Waals surface area contributed by atoms with Crippen molar-refractivity contribution in [3.05, 3.63) is 0 Å². The van der Waals surface area contributed by atoms with Crippen molar-refractivity contribution < 1.29 is 82.7 Å². The molecule has 0 spiro atoms. The third kappa shape index (κ3) is 17.4. The van der Waals surface area contributed by atoms with Crippen LogP contribution >= 0.6 is 0 Å². The van der Waals surface area contributed by atoms with Gasteiger partial charge in [-0.1, -0.05) is 8.67 Å². The fourth-order valence-electron chi connectivity index (χ4n) is 0.0702. The van der Waals surface area contributed by atoms with Gasteiger partial charge >= 0.3 is 50.4 Å². The zero-order valence-corrected chi connectivity index (χ0v) is 10.3. The summed E-state index contributed by atoms with van der Waals surface area (Å²) in [6.07, 6.45) is 0. The molecule has 0 saturated carbocycles. The summed E-state index contributed by atoms with van der Waals surface area (Å²) in [6.45, 7) is 0. The van der Waals surface area contributed by atoms with Gasteiger partial charge in [0.25, 0.3) is 0 Å². The van der Waals surface area contributed by atoms with Crippen molar-refractivity contribution in [3.63, 3.8) is 0 Å². The van der Waals surface area contributed by atoms with Crippen LogP contribution in [0.2, 0.25) is 0 Å². The zero-order valence-electron chi connectivity index (χ0n) is 6.51. The van der Waals surface area contributed by atoms with E-state index in [0.717, 1.165) is 0 Å². The first-order chi connectivity index (χ1) is 4.21. The minimum Gasteiger partial charge on any atom is -1.00 e. The van der Waals surface area contributed by atoms with E-state index in [1.54, 1.807) is 0 Å². The van der Waals surface area contributed by atoms with Gasteiger partial charge in [-0.05, 0) is 0 Å². The van der Waals surface area contributed by atoms with Crippen molar-refractivity contribution in [1.29, 1.82) is 0 Å². The molecule has 0 bridgehead atoms. The second kappa shape index (κ2) is 6.67. The molecule has 0 aromatic heterocycles. The van der Waals surface area contributed by atoms with E-state index in [1.807, 2.05) is 0 Å². The molecular weight excluding hydrogens is 271 g/mol.